The lowest BCUT2D eigenvalue weighted by Crippen LogP contribution is -2.09. The molecule has 3 aromatic rings. The van der Waals surface area contributed by atoms with Gasteiger partial charge in [-0.05, 0) is 42.5 Å². The highest BCUT2D eigenvalue weighted by Crippen LogP contribution is 2.23. The van der Waals surface area contributed by atoms with Gasteiger partial charge in [-0.1, -0.05) is 29.4 Å². The Morgan fingerprint density at radius 3 is 2.68 bits per heavy atom. The van der Waals surface area contributed by atoms with Crippen molar-refractivity contribution < 1.29 is 13.2 Å². The molecule has 2 aromatic carbocycles. The van der Waals surface area contributed by atoms with Crippen LogP contribution in [0.5, 0.6) is 0 Å². The summed E-state index contributed by atoms with van der Waals surface area (Å²) in [7, 11) is -3.41. The van der Waals surface area contributed by atoms with Crippen LogP contribution in [0.4, 0.5) is 5.69 Å². The summed E-state index contributed by atoms with van der Waals surface area (Å²) in [4.78, 5) is 11.5. The Bertz CT molecular complexity index is 1080. The van der Waals surface area contributed by atoms with Crippen LogP contribution in [0.1, 0.15) is 6.92 Å². The van der Waals surface area contributed by atoms with E-state index >= 15 is 0 Å². The largest absolute Gasteiger partial charge is 0.326 e. The van der Waals surface area contributed by atoms with Gasteiger partial charge in [-0.25, -0.2) is 8.42 Å². The second kappa shape index (κ2) is 8.76. The number of anilines is 1. The molecule has 0 saturated heterocycles. The summed E-state index contributed by atoms with van der Waals surface area (Å²) in [5.41, 5.74) is 1.42. The SMILES string of the molecule is CC(=O)Nc1cccc(-n2cnnc2SCCS(=O)(=O)c2ccc(Cl)cc2)c1. The van der Waals surface area contributed by atoms with E-state index in [9.17, 15) is 13.2 Å². The lowest BCUT2D eigenvalue weighted by Gasteiger charge is -2.09. The summed E-state index contributed by atoms with van der Waals surface area (Å²) in [6.45, 7) is 1.44. The van der Waals surface area contributed by atoms with Crippen molar-refractivity contribution in [3.63, 3.8) is 0 Å². The molecule has 0 aliphatic carbocycles. The van der Waals surface area contributed by atoms with E-state index < -0.39 is 9.84 Å². The molecule has 0 fully saturated rings. The van der Waals surface area contributed by atoms with Crippen molar-refractivity contribution >= 4 is 44.8 Å². The van der Waals surface area contributed by atoms with Gasteiger partial charge in [0.2, 0.25) is 5.91 Å². The van der Waals surface area contributed by atoms with E-state index in [1.807, 2.05) is 6.07 Å². The number of nitrogens with one attached hydrogen (secondary N) is 1. The zero-order chi connectivity index (χ0) is 20.1. The van der Waals surface area contributed by atoms with Gasteiger partial charge in [0.15, 0.2) is 15.0 Å². The van der Waals surface area contributed by atoms with Crippen LogP contribution < -0.4 is 5.32 Å². The van der Waals surface area contributed by atoms with Crippen molar-refractivity contribution in [2.24, 2.45) is 0 Å². The Kier molecular flexibility index (Phi) is 6.38. The molecule has 0 aliphatic heterocycles. The van der Waals surface area contributed by atoms with E-state index in [4.69, 9.17) is 11.6 Å². The Morgan fingerprint density at radius 1 is 1.21 bits per heavy atom. The van der Waals surface area contributed by atoms with Crippen LogP contribution in [0.15, 0.2) is 64.9 Å². The van der Waals surface area contributed by atoms with Gasteiger partial charge in [-0.2, -0.15) is 0 Å². The summed E-state index contributed by atoms with van der Waals surface area (Å²) in [6, 6.07) is 13.3. The number of nitrogens with zero attached hydrogens (tertiary/aromatic N) is 3. The van der Waals surface area contributed by atoms with Crippen molar-refractivity contribution in [2.75, 3.05) is 16.8 Å². The monoisotopic (exact) mass is 436 g/mol. The van der Waals surface area contributed by atoms with Gasteiger partial charge in [0, 0.05) is 23.4 Å². The first-order valence-corrected chi connectivity index (χ1v) is 11.3. The van der Waals surface area contributed by atoms with Crippen LogP contribution in [-0.2, 0) is 14.6 Å². The molecule has 0 spiro atoms. The average molecular weight is 437 g/mol. The first kappa shape index (κ1) is 20.4. The quantitative estimate of drug-likeness (QED) is 0.570. The van der Waals surface area contributed by atoms with E-state index in [2.05, 4.69) is 15.5 Å². The van der Waals surface area contributed by atoms with E-state index in [1.165, 1.54) is 30.8 Å². The maximum atomic E-state index is 12.4. The molecule has 0 saturated carbocycles. The molecule has 0 bridgehead atoms. The smallest absolute Gasteiger partial charge is 0.221 e. The van der Waals surface area contributed by atoms with Crippen molar-refractivity contribution in [2.45, 2.75) is 17.0 Å². The van der Waals surface area contributed by atoms with Crippen LogP contribution in [0, 0.1) is 0 Å². The lowest BCUT2D eigenvalue weighted by atomic mass is 10.2. The fourth-order valence-electron chi connectivity index (χ4n) is 2.44. The molecule has 0 atom stereocenters. The van der Waals surface area contributed by atoms with E-state index in [0.717, 1.165) is 5.69 Å². The van der Waals surface area contributed by atoms with Crippen LogP contribution in [-0.4, -0.2) is 40.6 Å². The Morgan fingerprint density at radius 2 is 1.96 bits per heavy atom. The highest BCUT2D eigenvalue weighted by atomic mass is 35.5. The third-order valence-electron chi connectivity index (χ3n) is 3.72. The number of aromatic nitrogens is 3. The summed E-state index contributed by atoms with van der Waals surface area (Å²) >= 11 is 7.10. The normalized spacial score (nSPS) is 11.4. The van der Waals surface area contributed by atoms with Crippen molar-refractivity contribution in [3.05, 3.63) is 59.9 Å². The average Bonchev–Trinajstić information content (AvgIpc) is 3.10. The van der Waals surface area contributed by atoms with Crippen LogP contribution in [0.3, 0.4) is 0 Å². The Balaban J connectivity index is 1.70. The summed E-state index contributed by atoms with van der Waals surface area (Å²) < 4.78 is 26.6. The molecule has 7 nitrogen and oxygen atoms in total. The van der Waals surface area contributed by atoms with E-state index in [0.29, 0.717) is 21.6 Å². The standard InChI is InChI=1S/C18H17ClN4O3S2/c1-13(24)21-15-3-2-4-16(11-15)23-12-20-22-18(23)27-9-10-28(25,26)17-7-5-14(19)6-8-17/h2-8,11-12H,9-10H2,1H3,(H,21,24). The molecule has 0 aliphatic rings. The molecule has 0 radical (unpaired) electrons. The minimum Gasteiger partial charge on any atom is -0.326 e. The molecule has 10 heteroatoms. The van der Waals surface area contributed by atoms with Crippen molar-refractivity contribution in [1.29, 1.82) is 0 Å². The van der Waals surface area contributed by atoms with Gasteiger partial charge in [0.25, 0.3) is 0 Å². The topological polar surface area (TPSA) is 93.9 Å². The maximum Gasteiger partial charge on any atom is 0.221 e. The number of hydrogen-bond acceptors (Lipinski definition) is 6. The minimum atomic E-state index is -3.41. The van der Waals surface area contributed by atoms with Gasteiger partial charge in [0.1, 0.15) is 6.33 Å². The predicted octanol–water partition coefficient (Wildman–Crippen LogP) is 3.45. The first-order chi connectivity index (χ1) is 13.3. The zero-order valence-electron chi connectivity index (χ0n) is 14.9. The Labute approximate surface area is 172 Å². The number of carbonyl (C=O) groups is 1. The molecule has 3 rings (SSSR count). The van der Waals surface area contributed by atoms with Gasteiger partial charge >= 0.3 is 0 Å². The van der Waals surface area contributed by atoms with Crippen molar-refractivity contribution in [3.8, 4) is 5.69 Å². The number of thioether (sulfide) groups is 1. The van der Waals surface area contributed by atoms with Crippen LogP contribution in [0.25, 0.3) is 5.69 Å². The highest BCUT2D eigenvalue weighted by Gasteiger charge is 2.16. The fraction of sp³-hybridized carbons (Fsp3) is 0.167. The number of benzene rings is 2. The molecule has 1 heterocycles. The first-order valence-electron chi connectivity index (χ1n) is 8.24. The minimum absolute atomic E-state index is 0.0436. The van der Waals surface area contributed by atoms with Gasteiger partial charge < -0.3 is 5.32 Å². The van der Waals surface area contributed by atoms with E-state index in [1.54, 1.807) is 41.2 Å². The summed E-state index contributed by atoms with van der Waals surface area (Å²) in [5.74, 6) is 0.107. The lowest BCUT2D eigenvalue weighted by molar-refractivity contribution is -0.114. The number of sulfone groups is 1. The fourth-order valence-corrected chi connectivity index (χ4v) is 5.14. The summed E-state index contributed by atoms with van der Waals surface area (Å²) in [6.07, 6.45) is 1.54. The van der Waals surface area contributed by atoms with Gasteiger partial charge in [-0.3, -0.25) is 9.36 Å². The zero-order valence-corrected chi connectivity index (χ0v) is 17.3. The van der Waals surface area contributed by atoms with Crippen LogP contribution in [0.2, 0.25) is 5.02 Å². The molecule has 1 N–H and O–H groups in total. The Hall–Kier alpha value is -2.36. The molecular formula is C18H17ClN4O3S2. The maximum absolute atomic E-state index is 12.4. The number of hydrogen-bond donors (Lipinski definition) is 1. The number of halogens is 1. The number of amides is 1. The molecule has 28 heavy (non-hydrogen) atoms. The molecule has 1 aromatic heterocycles. The third kappa shape index (κ3) is 5.12. The molecule has 1 amide bonds. The van der Waals surface area contributed by atoms with Crippen LogP contribution >= 0.6 is 23.4 Å². The number of carbonyl (C=O) groups excluding carboxylic acids is 1. The van der Waals surface area contributed by atoms with Gasteiger partial charge in [0.05, 0.1) is 16.3 Å². The second-order valence-electron chi connectivity index (χ2n) is 5.84. The third-order valence-corrected chi connectivity index (χ3v) is 6.90. The molecule has 146 valence electrons. The van der Waals surface area contributed by atoms with Gasteiger partial charge in [-0.15, -0.1) is 10.2 Å². The predicted molar refractivity (Wildman–Crippen MR) is 110 cm³/mol. The van der Waals surface area contributed by atoms with Crippen molar-refractivity contribution in [1.82, 2.24) is 14.8 Å². The molecule has 0 unspecified atom stereocenters. The summed E-state index contributed by atoms with van der Waals surface area (Å²) in [5, 5.41) is 11.7. The highest BCUT2D eigenvalue weighted by molar-refractivity contribution is 8.00. The number of rotatable bonds is 7. The molecular weight excluding hydrogens is 420 g/mol. The van der Waals surface area contributed by atoms with E-state index in [-0.39, 0.29) is 16.6 Å². The second-order valence-corrected chi connectivity index (χ2v) is 9.44.